The van der Waals surface area contributed by atoms with Crippen molar-refractivity contribution in [1.82, 2.24) is 10.1 Å². The molecule has 8 nitrogen and oxygen atoms in total. The molecule has 0 aromatic carbocycles. The molecule has 0 aromatic heterocycles. The maximum Gasteiger partial charge on any atom is 0.317 e. The van der Waals surface area contributed by atoms with E-state index in [2.05, 4.69) is 79.4 Å². The number of ether oxygens (including phenoxy) is 2. The maximum atomic E-state index is 12.8. The Morgan fingerprint density at radius 1 is 0.649 bits per heavy atom. The van der Waals surface area contributed by atoms with Gasteiger partial charge in [-0.1, -0.05) is 13.8 Å². The fourth-order valence-corrected chi connectivity index (χ4v) is 6.19. The number of carbonyl (C=O) groups excluding carboxylic acids is 2. The molecule has 0 spiro atoms. The van der Waals surface area contributed by atoms with Gasteiger partial charge in [0, 0.05) is 35.0 Å². The fraction of sp³-hybridized carbons (Fsp3) is 0.931. The Kier molecular flexibility index (Phi) is 11.0. The van der Waals surface area contributed by atoms with Crippen LogP contribution in [0.2, 0.25) is 0 Å². The maximum absolute atomic E-state index is 12.8. The highest BCUT2D eigenvalue weighted by molar-refractivity contribution is 5.91. The monoisotopic (exact) mass is 526 g/mol. The van der Waals surface area contributed by atoms with Crippen LogP contribution in [-0.2, 0) is 28.7 Å². The van der Waals surface area contributed by atoms with Crippen LogP contribution in [0.1, 0.15) is 127 Å². The lowest BCUT2D eigenvalue weighted by Crippen LogP contribution is -2.54. The van der Waals surface area contributed by atoms with E-state index in [0.717, 1.165) is 38.5 Å². The van der Waals surface area contributed by atoms with Crippen LogP contribution in [0.5, 0.6) is 0 Å². The molecular weight excluding hydrogens is 472 g/mol. The first kappa shape index (κ1) is 32.0. The molecule has 0 bridgehead atoms. The molecule has 2 rings (SSSR count). The molecule has 0 aromatic rings. The van der Waals surface area contributed by atoms with Crippen LogP contribution in [0.4, 0.5) is 0 Å². The molecular formula is C29H54N2O6. The summed E-state index contributed by atoms with van der Waals surface area (Å²) in [5, 5.41) is 4.16. The smallest absolute Gasteiger partial charge is 0.317 e. The first-order valence-corrected chi connectivity index (χ1v) is 14.3. The zero-order valence-corrected chi connectivity index (χ0v) is 25.3. The van der Waals surface area contributed by atoms with Gasteiger partial charge in [-0.15, -0.1) is 0 Å². The third kappa shape index (κ3) is 8.91. The molecule has 37 heavy (non-hydrogen) atoms. The Morgan fingerprint density at radius 3 is 1.32 bits per heavy atom. The minimum Gasteiger partial charge on any atom is -0.462 e. The van der Waals surface area contributed by atoms with Crippen molar-refractivity contribution in [2.45, 2.75) is 161 Å². The van der Waals surface area contributed by atoms with Crippen LogP contribution in [0, 0.1) is 0 Å². The number of hydrogen-bond acceptors (Lipinski definition) is 8. The number of carbonyl (C=O) groups is 2. The first-order valence-electron chi connectivity index (χ1n) is 14.3. The zero-order valence-electron chi connectivity index (χ0n) is 25.3. The van der Waals surface area contributed by atoms with E-state index >= 15 is 0 Å². The van der Waals surface area contributed by atoms with E-state index in [4.69, 9.17) is 19.1 Å². The summed E-state index contributed by atoms with van der Waals surface area (Å²) < 4.78 is 11.6. The quantitative estimate of drug-likeness (QED) is 0.255. The van der Waals surface area contributed by atoms with Crippen molar-refractivity contribution in [3.63, 3.8) is 0 Å². The van der Waals surface area contributed by atoms with Gasteiger partial charge in [-0.3, -0.25) is 19.3 Å². The number of esters is 2. The molecule has 2 saturated heterocycles. The highest BCUT2D eigenvalue weighted by Crippen LogP contribution is 2.39. The Morgan fingerprint density at radius 2 is 1.00 bits per heavy atom. The van der Waals surface area contributed by atoms with Crippen LogP contribution >= 0.6 is 0 Å². The van der Waals surface area contributed by atoms with Crippen molar-refractivity contribution < 1.29 is 28.7 Å². The highest BCUT2D eigenvalue weighted by atomic mass is 16.7. The molecule has 0 N–H and O–H groups in total. The van der Waals surface area contributed by atoms with E-state index in [-0.39, 0.29) is 40.8 Å². The van der Waals surface area contributed by atoms with Gasteiger partial charge in [0.05, 0.1) is 13.2 Å². The minimum atomic E-state index is -0.521. The van der Waals surface area contributed by atoms with Crippen LogP contribution < -0.4 is 0 Å². The topological polar surface area (TPSA) is 77.5 Å². The van der Waals surface area contributed by atoms with Crippen molar-refractivity contribution >= 4 is 11.9 Å². The summed E-state index contributed by atoms with van der Waals surface area (Å²) in [5.74, 6) is -1.04. The fourth-order valence-electron chi connectivity index (χ4n) is 6.19. The zero-order chi connectivity index (χ0) is 28.1. The lowest BCUT2D eigenvalue weighted by Gasteiger charge is -2.45. The van der Waals surface area contributed by atoms with Crippen molar-refractivity contribution in [2.75, 3.05) is 13.2 Å². The van der Waals surface area contributed by atoms with E-state index in [1.807, 2.05) is 0 Å². The predicted octanol–water partition coefficient (Wildman–Crippen LogP) is 5.97. The van der Waals surface area contributed by atoms with Crippen molar-refractivity contribution in [3.05, 3.63) is 0 Å². The molecule has 2 aliphatic rings. The molecule has 2 atom stereocenters. The third-order valence-electron chi connectivity index (χ3n) is 7.54. The Balaban J connectivity index is 1.96. The van der Waals surface area contributed by atoms with Crippen molar-refractivity contribution in [1.29, 1.82) is 0 Å². The van der Waals surface area contributed by atoms with Gasteiger partial charge >= 0.3 is 11.9 Å². The average molecular weight is 527 g/mol. The Hall–Kier alpha value is -1.22. The highest BCUT2D eigenvalue weighted by Gasteiger charge is 2.46. The third-order valence-corrected chi connectivity index (χ3v) is 7.54. The van der Waals surface area contributed by atoms with Gasteiger partial charge in [0.25, 0.3) is 0 Å². The van der Waals surface area contributed by atoms with Gasteiger partial charge in [0.15, 0.2) is 0 Å². The molecule has 2 unspecified atom stereocenters. The van der Waals surface area contributed by atoms with Crippen LogP contribution in [-0.4, -0.2) is 69.6 Å². The molecule has 0 amide bonds. The Bertz CT molecular complexity index is 701. The van der Waals surface area contributed by atoms with Crippen LogP contribution in [0.25, 0.3) is 0 Å². The average Bonchev–Trinajstić information content (AvgIpc) is 2.88. The SMILES string of the molecule is CCCON1C(C)(C)CCC(OC(=O)CC(=O)OC2CCC(C)(C)N(OCCC)C(C)(C)C2)CC1(C)C. The molecule has 0 aliphatic carbocycles. The van der Waals surface area contributed by atoms with Crippen LogP contribution in [0.15, 0.2) is 0 Å². The number of rotatable bonds is 10. The van der Waals surface area contributed by atoms with E-state index < -0.39 is 11.9 Å². The number of hydrogen-bond donors (Lipinski definition) is 0. The second-order valence-electron chi connectivity index (χ2n) is 13.4. The predicted molar refractivity (Wildman–Crippen MR) is 145 cm³/mol. The summed E-state index contributed by atoms with van der Waals surface area (Å²) in [6, 6.07) is 0. The van der Waals surface area contributed by atoms with E-state index in [9.17, 15) is 9.59 Å². The van der Waals surface area contributed by atoms with Gasteiger partial charge in [-0.25, -0.2) is 0 Å². The normalized spacial score (nSPS) is 27.6. The molecule has 8 heteroatoms. The first-order chi connectivity index (χ1) is 17.0. The minimum absolute atomic E-state index is 0.187. The molecule has 216 valence electrons. The van der Waals surface area contributed by atoms with Gasteiger partial charge in [-0.05, 0) is 93.9 Å². The second kappa shape index (κ2) is 12.8. The van der Waals surface area contributed by atoms with Crippen LogP contribution in [0.3, 0.4) is 0 Å². The second-order valence-corrected chi connectivity index (χ2v) is 13.4. The summed E-state index contributed by atoms with van der Waals surface area (Å²) in [7, 11) is 0. The molecule has 0 radical (unpaired) electrons. The van der Waals surface area contributed by atoms with Gasteiger partial charge in [0.2, 0.25) is 0 Å². The van der Waals surface area contributed by atoms with E-state index in [1.165, 1.54) is 0 Å². The lowest BCUT2D eigenvalue weighted by molar-refractivity contribution is -0.265. The van der Waals surface area contributed by atoms with Crippen molar-refractivity contribution in [2.24, 2.45) is 0 Å². The molecule has 0 saturated carbocycles. The molecule has 2 heterocycles. The van der Waals surface area contributed by atoms with E-state index in [1.54, 1.807) is 0 Å². The molecule has 2 aliphatic heterocycles. The van der Waals surface area contributed by atoms with Gasteiger partial charge in [0.1, 0.15) is 18.6 Å². The van der Waals surface area contributed by atoms with Gasteiger partial charge in [-0.2, -0.15) is 10.1 Å². The standard InChI is InChI=1S/C29H54N2O6/c1-11-17-34-30-26(3,4)15-13-22(20-28(30,7)8)36-24(32)19-25(33)37-23-14-16-27(5,6)31(35-18-12-2)29(9,10)21-23/h22-23H,11-21H2,1-10H3. The summed E-state index contributed by atoms with van der Waals surface area (Å²) in [5.41, 5.74) is -1.00. The summed E-state index contributed by atoms with van der Waals surface area (Å²) in [6.07, 6.45) is 5.33. The van der Waals surface area contributed by atoms with Gasteiger partial charge < -0.3 is 9.47 Å². The Labute approximate surface area is 225 Å². The largest absolute Gasteiger partial charge is 0.462 e. The summed E-state index contributed by atoms with van der Waals surface area (Å²) >= 11 is 0. The summed E-state index contributed by atoms with van der Waals surface area (Å²) in [4.78, 5) is 37.8. The lowest BCUT2D eigenvalue weighted by atomic mass is 9.95. The number of nitrogens with zero attached hydrogens (tertiary/aromatic N) is 2. The summed E-state index contributed by atoms with van der Waals surface area (Å²) in [6.45, 7) is 22.6. The number of hydroxylamine groups is 4. The van der Waals surface area contributed by atoms with E-state index in [0.29, 0.717) is 26.1 Å². The van der Waals surface area contributed by atoms with Crippen molar-refractivity contribution in [3.8, 4) is 0 Å². The molecule has 2 fully saturated rings.